The molecule has 2 aromatic heterocycles. The standard InChI is InChI=1S/C31H25N3OS/c35-30-27-18-26-16-17-33(20-23-10-4-1-5-11-23)29(26)19-28(27)32-31(36-22-25-14-8-3-9-15-25)34(30)21-24-12-6-2-7-13-24/h1-19H,20-22H2. The highest BCUT2D eigenvalue weighted by molar-refractivity contribution is 7.98. The predicted octanol–water partition coefficient (Wildman–Crippen LogP) is 6.74. The van der Waals surface area contributed by atoms with Crippen LogP contribution in [0, 0.1) is 0 Å². The summed E-state index contributed by atoms with van der Waals surface area (Å²) in [5.74, 6) is 0.750. The zero-order valence-corrected chi connectivity index (χ0v) is 20.6. The van der Waals surface area contributed by atoms with E-state index in [-0.39, 0.29) is 5.56 Å². The molecule has 36 heavy (non-hydrogen) atoms. The maximum atomic E-state index is 13.8. The second kappa shape index (κ2) is 9.88. The predicted molar refractivity (Wildman–Crippen MR) is 149 cm³/mol. The summed E-state index contributed by atoms with van der Waals surface area (Å²) < 4.78 is 4.04. The van der Waals surface area contributed by atoms with Crippen LogP contribution in [0.2, 0.25) is 0 Å². The molecule has 0 saturated heterocycles. The van der Waals surface area contributed by atoms with Gasteiger partial charge < -0.3 is 4.57 Å². The number of hydrogen-bond donors (Lipinski definition) is 0. The second-order valence-corrected chi connectivity index (χ2v) is 9.85. The van der Waals surface area contributed by atoms with Crippen molar-refractivity contribution in [3.05, 3.63) is 142 Å². The van der Waals surface area contributed by atoms with Gasteiger partial charge in [-0.25, -0.2) is 4.98 Å². The van der Waals surface area contributed by atoms with Gasteiger partial charge in [0.15, 0.2) is 5.16 Å². The van der Waals surface area contributed by atoms with Crippen molar-refractivity contribution in [1.29, 1.82) is 0 Å². The van der Waals surface area contributed by atoms with E-state index in [1.165, 1.54) is 11.1 Å². The van der Waals surface area contributed by atoms with Crippen LogP contribution >= 0.6 is 11.8 Å². The van der Waals surface area contributed by atoms with Gasteiger partial charge in [-0.3, -0.25) is 9.36 Å². The summed E-state index contributed by atoms with van der Waals surface area (Å²) in [7, 11) is 0. The van der Waals surface area contributed by atoms with Crippen molar-refractivity contribution in [2.75, 3.05) is 0 Å². The van der Waals surface area contributed by atoms with E-state index in [2.05, 4.69) is 71.4 Å². The summed E-state index contributed by atoms with van der Waals surface area (Å²) in [5.41, 5.74) is 5.34. The SMILES string of the molecule is O=c1c2cc3ccn(Cc4ccccc4)c3cc2nc(SCc2ccccc2)n1Cc1ccccc1. The van der Waals surface area contributed by atoms with Gasteiger partial charge in [0.1, 0.15) is 0 Å². The Kier molecular flexibility index (Phi) is 6.14. The van der Waals surface area contributed by atoms with Crippen LogP contribution in [0.3, 0.4) is 0 Å². The fourth-order valence-corrected chi connectivity index (χ4v) is 5.50. The smallest absolute Gasteiger partial charge is 0.262 e. The highest BCUT2D eigenvalue weighted by Gasteiger charge is 2.15. The van der Waals surface area contributed by atoms with Crippen molar-refractivity contribution in [2.24, 2.45) is 0 Å². The summed E-state index contributed by atoms with van der Waals surface area (Å²) in [6, 6.07) is 37.0. The van der Waals surface area contributed by atoms with Gasteiger partial charge in [0.25, 0.3) is 5.56 Å². The van der Waals surface area contributed by atoms with Crippen LogP contribution in [0.1, 0.15) is 16.7 Å². The Morgan fingerprint density at radius 3 is 1.97 bits per heavy atom. The van der Waals surface area contributed by atoms with Crippen molar-refractivity contribution in [2.45, 2.75) is 24.0 Å². The molecule has 6 aromatic rings. The molecule has 0 N–H and O–H groups in total. The lowest BCUT2D eigenvalue weighted by Crippen LogP contribution is -2.24. The first kappa shape index (κ1) is 22.4. The van der Waals surface area contributed by atoms with E-state index >= 15 is 0 Å². The first-order chi connectivity index (χ1) is 17.7. The van der Waals surface area contributed by atoms with Crippen LogP contribution < -0.4 is 5.56 Å². The highest BCUT2D eigenvalue weighted by Crippen LogP contribution is 2.26. The molecule has 176 valence electrons. The quantitative estimate of drug-likeness (QED) is 0.185. The molecule has 0 unspecified atom stereocenters. The lowest BCUT2D eigenvalue weighted by molar-refractivity contribution is 0.658. The summed E-state index contributed by atoms with van der Waals surface area (Å²) in [6.07, 6.45) is 2.09. The van der Waals surface area contributed by atoms with Crippen LogP contribution in [0.15, 0.2) is 125 Å². The highest BCUT2D eigenvalue weighted by atomic mass is 32.2. The van der Waals surface area contributed by atoms with Gasteiger partial charge in [0.05, 0.1) is 23.0 Å². The Labute approximate surface area is 213 Å². The molecule has 0 aliphatic carbocycles. The van der Waals surface area contributed by atoms with Crippen molar-refractivity contribution >= 4 is 33.6 Å². The topological polar surface area (TPSA) is 39.8 Å². The van der Waals surface area contributed by atoms with E-state index in [0.717, 1.165) is 39.4 Å². The molecule has 4 nitrogen and oxygen atoms in total. The van der Waals surface area contributed by atoms with E-state index in [1.807, 2.05) is 53.1 Å². The average molecular weight is 488 g/mol. The van der Waals surface area contributed by atoms with E-state index in [9.17, 15) is 4.79 Å². The third-order valence-electron chi connectivity index (χ3n) is 6.40. The van der Waals surface area contributed by atoms with Crippen LogP contribution in [0.4, 0.5) is 0 Å². The van der Waals surface area contributed by atoms with Gasteiger partial charge in [-0.05, 0) is 34.9 Å². The average Bonchev–Trinajstić information content (AvgIpc) is 3.31. The van der Waals surface area contributed by atoms with Crippen LogP contribution in [0.25, 0.3) is 21.8 Å². The molecule has 0 atom stereocenters. The molecule has 0 saturated carbocycles. The van der Waals surface area contributed by atoms with Crippen molar-refractivity contribution < 1.29 is 0 Å². The van der Waals surface area contributed by atoms with Crippen molar-refractivity contribution in [3.63, 3.8) is 0 Å². The van der Waals surface area contributed by atoms with Crippen LogP contribution in [0.5, 0.6) is 0 Å². The number of thioether (sulfide) groups is 1. The third kappa shape index (κ3) is 4.58. The zero-order valence-electron chi connectivity index (χ0n) is 19.7. The van der Waals surface area contributed by atoms with Gasteiger partial charge in [0, 0.05) is 23.9 Å². The van der Waals surface area contributed by atoms with Gasteiger partial charge in [-0.2, -0.15) is 0 Å². The molecule has 0 bridgehead atoms. The van der Waals surface area contributed by atoms with E-state index in [4.69, 9.17) is 4.98 Å². The molecule has 6 rings (SSSR count). The molecule has 0 aliphatic heterocycles. The number of rotatable bonds is 7. The number of hydrogen-bond acceptors (Lipinski definition) is 3. The van der Waals surface area contributed by atoms with Gasteiger partial charge >= 0.3 is 0 Å². The molecule has 5 heteroatoms. The number of fused-ring (bicyclic) bond motifs is 2. The molecule has 0 fully saturated rings. The van der Waals surface area contributed by atoms with Crippen molar-refractivity contribution in [1.82, 2.24) is 14.1 Å². The molecular formula is C31H25N3OS. The number of aromatic nitrogens is 3. The van der Waals surface area contributed by atoms with Gasteiger partial charge in [-0.1, -0.05) is 103 Å². The molecule has 0 aliphatic rings. The van der Waals surface area contributed by atoms with Crippen LogP contribution in [-0.4, -0.2) is 14.1 Å². The fraction of sp³-hybridized carbons (Fsp3) is 0.0968. The molecule has 2 heterocycles. The minimum absolute atomic E-state index is 0.00266. The number of nitrogens with zero attached hydrogens (tertiary/aromatic N) is 3. The maximum absolute atomic E-state index is 13.8. The summed E-state index contributed by atoms with van der Waals surface area (Å²) in [5, 5.41) is 2.44. The Morgan fingerprint density at radius 2 is 1.31 bits per heavy atom. The summed E-state index contributed by atoms with van der Waals surface area (Å²) >= 11 is 1.61. The van der Waals surface area contributed by atoms with E-state index in [0.29, 0.717) is 11.9 Å². The Bertz CT molecular complexity index is 1690. The normalized spacial score (nSPS) is 11.3. The molecule has 0 amide bonds. The van der Waals surface area contributed by atoms with Crippen molar-refractivity contribution in [3.8, 4) is 0 Å². The number of benzene rings is 4. The molecule has 0 spiro atoms. The molecule has 4 aromatic carbocycles. The summed E-state index contributed by atoms with van der Waals surface area (Å²) in [6.45, 7) is 1.27. The molecular weight excluding hydrogens is 462 g/mol. The van der Waals surface area contributed by atoms with E-state index < -0.39 is 0 Å². The minimum atomic E-state index is -0.00266. The first-order valence-electron chi connectivity index (χ1n) is 12.0. The zero-order chi connectivity index (χ0) is 24.3. The summed E-state index contributed by atoms with van der Waals surface area (Å²) in [4.78, 5) is 18.8. The van der Waals surface area contributed by atoms with Crippen LogP contribution in [-0.2, 0) is 18.8 Å². The van der Waals surface area contributed by atoms with Gasteiger partial charge in [0.2, 0.25) is 0 Å². The molecule has 0 radical (unpaired) electrons. The lowest BCUT2D eigenvalue weighted by atomic mass is 10.1. The monoisotopic (exact) mass is 487 g/mol. The minimum Gasteiger partial charge on any atom is -0.343 e. The Hall–Kier alpha value is -4.09. The first-order valence-corrected chi connectivity index (χ1v) is 13.0. The largest absolute Gasteiger partial charge is 0.343 e. The Balaban J connectivity index is 1.45. The third-order valence-corrected chi connectivity index (χ3v) is 7.45. The Morgan fingerprint density at radius 1 is 0.694 bits per heavy atom. The van der Waals surface area contributed by atoms with Gasteiger partial charge in [-0.15, -0.1) is 0 Å². The maximum Gasteiger partial charge on any atom is 0.262 e. The second-order valence-electron chi connectivity index (χ2n) is 8.90. The lowest BCUT2D eigenvalue weighted by Gasteiger charge is -2.14. The fourth-order valence-electron chi connectivity index (χ4n) is 4.54. The van der Waals surface area contributed by atoms with E-state index in [1.54, 1.807) is 11.8 Å².